The summed E-state index contributed by atoms with van der Waals surface area (Å²) in [6, 6.07) is 0.119. The van der Waals surface area contributed by atoms with Crippen molar-refractivity contribution in [3.63, 3.8) is 0 Å². The Hall–Kier alpha value is -0.580. The molecule has 0 aromatic carbocycles. The number of nitrogens with zero attached hydrogens (tertiary/aromatic N) is 1. The first-order valence-electron chi connectivity index (χ1n) is 6.28. The lowest BCUT2D eigenvalue weighted by Crippen LogP contribution is -2.31. The number of rotatable bonds is 8. The van der Waals surface area contributed by atoms with Crippen LogP contribution in [-0.4, -0.2) is 27.7 Å². The number of nitrogens with one attached hydrogen (secondary N) is 2. The molecule has 1 rings (SSSR count). The molecule has 0 saturated heterocycles. The lowest BCUT2D eigenvalue weighted by Gasteiger charge is -2.12. The zero-order chi connectivity index (χ0) is 12.7. The zero-order valence-corrected chi connectivity index (χ0v) is 11.3. The van der Waals surface area contributed by atoms with Gasteiger partial charge >= 0.3 is 0 Å². The summed E-state index contributed by atoms with van der Waals surface area (Å²) >= 11 is 6.05. The highest BCUT2D eigenvalue weighted by atomic mass is 35.5. The van der Waals surface area contributed by atoms with E-state index < -0.39 is 0 Å². The molecule has 17 heavy (non-hydrogen) atoms. The number of aromatic amines is 1. The van der Waals surface area contributed by atoms with Crippen LogP contribution in [0, 0.1) is 0 Å². The van der Waals surface area contributed by atoms with Gasteiger partial charge in [-0.25, -0.2) is 4.98 Å². The first-order chi connectivity index (χ1) is 8.21. The van der Waals surface area contributed by atoms with Crippen LogP contribution in [-0.2, 0) is 13.0 Å². The SMILES string of the molecule is CCCCc1nc(Cl)c(CN[C@@H](CC)CO)[nH]1. The molecule has 1 heterocycles. The molecule has 0 aliphatic rings. The molecule has 0 bridgehead atoms. The first-order valence-corrected chi connectivity index (χ1v) is 6.66. The molecule has 3 N–H and O–H groups in total. The maximum Gasteiger partial charge on any atom is 0.151 e. The van der Waals surface area contributed by atoms with Crippen molar-refractivity contribution in [2.24, 2.45) is 0 Å². The molecule has 1 aromatic rings. The average Bonchev–Trinajstić information content (AvgIpc) is 2.69. The Balaban J connectivity index is 2.50. The van der Waals surface area contributed by atoms with Crippen molar-refractivity contribution in [3.05, 3.63) is 16.7 Å². The molecule has 1 atom stereocenters. The Morgan fingerprint density at radius 2 is 2.24 bits per heavy atom. The van der Waals surface area contributed by atoms with Gasteiger partial charge in [-0.05, 0) is 12.8 Å². The normalized spacial score (nSPS) is 12.9. The fourth-order valence-corrected chi connectivity index (χ4v) is 1.82. The second-order valence-electron chi connectivity index (χ2n) is 4.23. The monoisotopic (exact) mass is 259 g/mol. The fraction of sp³-hybridized carbons (Fsp3) is 0.750. The second kappa shape index (κ2) is 7.69. The molecule has 98 valence electrons. The third kappa shape index (κ3) is 4.66. The molecule has 0 aliphatic heterocycles. The number of hydrogen-bond acceptors (Lipinski definition) is 3. The van der Waals surface area contributed by atoms with E-state index in [0.29, 0.717) is 11.7 Å². The van der Waals surface area contributed by atoms with Crippen LogP contribution in [0.5, 0.6) is 0 Å². The molecule has 0 aliphatic carbocycles. The molecule has 0 saturated carbocycles. The van der Waals surface area contributed by atoms with Crippen LogP contribution >= 0.6 is 11.6 Å². The number of hydrogen-bond donors (Lipinski definition) is 3. The summed E-state index contributed by atoms with van der Waals surface area (Å²) in [5.74, 6) is 0.950. The van der Waals surface area contributed by atoms with Crippen LogP contribution in [0.15, 0.2) is 0 Å². The third-order valence-electron chi connectivity index (χ3n) is 2.83. The number of unbranched alkanes of at least 4 members (excludes halogenated alkanes) is 1. The Labute approximate surface area is 108 Å². The van der Waals surface area contributed by atoms with Gasteiger partial charge in [0.2, 0.25) is 0 Å². The van der Waals surface area contributed by atoms with Crippen LogP contribution in [0.25, 0.3) is 0 Å². The van der Waals surface area contributed by atoms with Gasteiger partial charge in [-0.2, -0.15) is 0 Å². The number of halogens is 1. The largest absolute Gasteiger partial charge is 0.395 e. The Morgan fingerprint density at radius 1 is 1.47 bits per heavy atom. The van der Waals surface area contributed by atoms with Crippen LogP contribution in [0.2, 0.25) is 5.15 Å². The quantitative estimate of drug-likeness (QED) is 0.671. The minimum atomic E-state index is 0.119. The minimum absolute atomic E-state index is 0.119. The molecular weight excluding hydrogens is 238 g/mol. The van der Waals surface area contributed by atoms with Gasteiger partial charge in [-0.3, -0.25) is 0 Å². The van der Waals surface area contributed by atoms with E-state index in [2.05, 4.69) is 22.2 Å². The van der Waals surface area contributed by atoms with Crippen molar-refractivity contribution < 1.29 is 5.11 Å². The summed E-state index contributed by atoms with van der Waals surface area (Å²) < 4.78 is 0. The highest BCUT2D eigenvalue weighted by Crippen LogP contribution is 2.14. The van der Waals surface area contributed by atoms with Crippen molar-refractivity contribution in [1.82, 2.24) is 15.3 Å². The highest BCUT2D eigenvalue weighted by Gasteiger charge is 2.10. The van der Waals surface area contributed by atoms with E-state index in [0.717, 1.165) is 37.2 Å². The lowest BCUT2D eigenvalue weighted by atomic mass is 10.2. The maximum atomic E-state index is 9.07. The van der Waals surface area contributed by atoms with E-state index in [1.54, 1.807) is 0 Å². The summed E-state index contributed by atoms with van der Waals surface area (Å²) in [4.78, 5) is 7.52. The van der Waals surface area contributed by atoms with Gasteiger partial charge in [-0.15, -0.1) is 0 Å². The molecule has 5 heteroatoms. The van der Waals surface area contributed by atoms with Gasteiger partial charge in [0, 0.05) is 19.0 Å². The van der Waals surface area contributed by atoms with Gasteiger partial charge in [0.1, 0.15) is 5.82 Å². The van der Waals surface area contributed by atoms with Gasteiger partial charge in [-0.1, -0.05) is 31.9 Å². The van der Waals surface area contributed by atoms with Crippen LogP contribution < -0.4 is 5.32 Å². The van der Waals surface area contributed by atoms with E-state index in [-0.39, 0.29) is 12.6 Å². The first kappa shape index (κ1) is 14.5. The maximum absolute atomic E-state index is 9.07. The zero-order valence-electron chi connectivity index (χ0n) is 10.6. The van der Waals surface area contributed by atoms with Gasteiger partial charge in [0.15, 0.2) is 5.15 Å². The number of aliphatic hydroxyl groups excluding tert-OH is 1. The summed E-state index contributed by atoms with van der Waals surface area (Å²) in [7, 11) is 0. The van der Waals surface area contributed by atoms with Gasteiger partial charge in [0.25, 0.3) is 0 Å². The molecule has 0 radical (unpaired) electrons. The molecule has 0 unspecified atom stereocenters. The lowest BCUT2D eigenvalue weighted by molar-refractivity contribution is 0.238. The van der Waals surface area contributed by atoms with Crippen LogP contribution in [0.3, 0.4) is 0 Å². The van der Waals surface area contributed by atoms with E-state index in [1.807, 2.05) is 6.92 Å². The molecule has 4 nitrogen and oxygen atoms in total. The van der Waals surface area contributed by atoms with Crippen molar-refractivity contribution in [1.29, 1.82) is 0 Å². The smallest absolute Gasteiger partial charge is 0.151 e. The number of imidazole rings is 1. The standard InChI is InChI=1S/C12H22ClN3O/c1-3-5-6-11-15-10(12(13)16-11)7-14-9(4-2)8-17/h9,14,17H,3-8H2,1-2H3,(H,15,16)/t9-/m0/s1. The number of H-pyrrole nitrogens is 1. The van der Waals surface area contributed by atoms with E-state index in [9.17, 15) is 0 Å². The summed E-state index contributed by atoms with van der Waals surface area (Å²) in [6.07, 6.45) is 4.09. The minimum Gasteiger partial charge on any atom is -0.395 e. The van der Waals surface area contributed by atoms with E-state index in [1.165, 1.54) is 0 Å². The number of aliphatic hydroxyl groups is 1. The van der Waals surface area contributed by atoms with Crippen molar-refractivity contribution in [2.75, 3.05) is 6.61 Å². The van der Waals surface area contributed by atoms with Crippen molar-refractivity contribution in [2.45, 2.75) is 52.1 Å². The van der Waals surface area contributed by atoms with Crippen molar-refractivity contribution >= 4 is 11.6 Å². The van der Waals surface area contributed by atoms with Gasteiger partial charge in [0.05, 0.1) is 12.3 Å². The van der Waals surface area contributed by atoms with Crippen LogP contribution in [0.1, 0.15) is 44.6 Å². The average molecular weight is 260 g/mol. The van der Waals surface area contributed by atoms with Crippen LogP contribution in [0.4, 0.5) is 0 Å². The molecule has 1 aromatic heterocycles. The Bertz CT molecular complexity index is 324. The Morgan fingerprint density at radius 3 is 2.82 bits per heavy atom. The molecular formula is C12H22ClN3O. The molecule has 0 fully saturated rings. The molecule has 0 amide bonds. The molecule has 0 spiro atoms. The van der Waals surface area contributed by atoms with Crippen molar-refractivity contribution in [3.8, 4) is 0 Å². The van der Waals surface area contributed by atoms with E-state index >= 15 is 0 Å². The summed E-state index contributed by atoms with van der Waals surface area (Å²) in [5.41, 5.74) is 0.907. The summed E-state index contributed by atoms with van der Waals surface area (Å²) in [5, 5.41) is 12.9. The predicted molar refractivity (Wildman–Crippen MR) is 70.2 cm³/mol. The topological polar surface area (TPSA) is 60.9 Å². The van der Waals surface area contributed by atoms with E-state index in [4.69, 9.17) is 16.7 Å². The second-order valence-corrected chi connectivity index (χ2v) is 4.58. The number of aromatic nitrogens is 2. The number of aryl methyl sites for hydroxylation is 1. The summed E-state index contributed by atoms with van der Waals surface area (Å²) in [6.45, 7) is 4.96. The Kier molecular flexibility index (Phi) is 6.55. The highest BCUT2D eigenvalue weighted by molar-refractivity contribution is 6.30. The fourth-order valence-electron chi connectivity index (χ4n) is 1.60. The third-order valence-corrected chi connectivity index (χ3v) is 3.14. The van der Waals surface area contributed by atoms with Gasteiger partial charge < -0.3 is 15.4 Å². The predicted octanol–water partition coefficient (Wildman–Crippen LogP) is 2.27.